The third-order valence-corrected chi connectivity index (χ3v) is 4.63. The Bertz CT molecular complexity index is 197. The van der Waals surface area contributed by atoms with Gasteiger partial charge in [0, 0.05) is 17.8 Å². The predicted molar refractivity (Wildman–Crippen MR) is 76.2 cm³/mol. The van der Waals surface area contributed by atoms with Crippen LogP contribution in [-0.4, -0.2) is 24.1 Å². The zero-order valence-electron chi connectivity index (χ0n) is 11.7. The van der Waals surface area contributed by atoms with Gasteiger partial charge in [-0.3, -0.25) is 0 Å². The molecular formula is C14H29NS. The molecule has 96 valence electrons. The van der Waals surface area contributed by atoms with Crippen LogP contribution < -0.4 is 5.32 Å². The molecule has 0 radical (unpaired) electrons. The maximum absolute atomic E-state index is 3.86. The molecule has 1 nitrogen and oxygen atoms in total. The van der Waals surface area contributed by atoms with Gasteiger partial charge in [-0.25, -0.2) is 0 Å². The van der Waals surface area contributed by atoms with Crippen molar-refractivity contribution in [2.24, 2.45) is 11.3 Å². The zero-order chi connectivity index (χ0) is 12.2. The van der Waals surface area contributed by atoms with E-state index in [1.54, 1.807) is 0 Å². The van der Waals surface area contributed by atoms with Crippen LogP contribution >= 0.6 is 11.8 Å². The monoisotopic (exact) mass is 243 g/mol. The van der Waals surface area contributed by atoms with Crippen molar-refractivity contribution in [1.82, 2.24) is 5.32 Å². The molecule has 0 aromatic carbocycles. The van der Waals surface area contributed by atoms with Gasteiger partial charge in [0.2, 0.25) is 0 Å². The lowest BCUT2D eigenvalue weighted by atomic mass is 9.69. The second kappa shape index (κ2) is 6.30. The smallest absolute Gasteiger partial charge is 0.0132 e. The zero-order valence-corrected chi connectivity index (χ0v) is 12.5. The molecule has 1 aliphatic carbocycles. The van der Waals surface area contributed by atoms with E-state index in [0.717, 1.165) is 12.0 Å². The van der Waals surface area contributed by atoms with Crippen LogP contribution in [0.15, 0.2) is 0 Å². The van der Waals surface area contributed by atoms with Crippen molar-refractivity contribution in [2.45, 2.75) is 65.5 Å². The van der Waals surface area contributed by atoms with Gasteiger partial charge in [-0.15, -0.1) is 0 Å². The Morgan fingerprint density at radius 1 is 1.25 bits per heavy atom. The normalized spacial score (nSPS) is 29.1. The van der Waals surface area contributed by atoms with E-state index in [0.29, 0.717) is 11.5 Å². The topological polar surface area (TPSA) is 12.0 Å². The number of hydrogen-bond acceptors (Lipinski definition) is 2. The number of nitrogens with one attached hydrogen (secondary N) is 1. The van der Waals surface area contributed by atoms with E-state index in [4.69, 9.17) is 0 Å². The van der Waals surface area contributed by atoms with Crippen molar-refractivity contribution in [3.8, 4) is 0 Å². The molecule has 1 saturated carbocycles. The molecule has 0 amide bonds. The molecule has 1 fully saturated rings. The highest BCUT2D eigenvalue weighted by molar-refractivity contribution is 7.98. The third kappa shape index (κ3) is 4.29. The van der Waals surface area contributed by atoms with Crippen LogP contribution in [0.2, 0.25) is 0 Å². The van der Waals surface area contributed by atoms with Crippen molar-refractivity contribution in [2.75, 3.05) is 12.0 Å². The van der Waals surface area contributed by atoms with E-state index in [2.05, 4.69) is 39.3 Å². The Balaban J connectivity index is 2.53. The van der Waals surface area contributed by atoms with Gasteiger partial charge in [-0.05, 0) is 37.4 Å². The summed E-state index contributed by atoms with van der Waals surface area (Å²) in [5, 5.41) is 3.86. The first-order chi connectivity index (χ1) is 7.45. The van der Waals surface area contributed by atoms with E-state index >= 15 is 0 Å². The molecular weight excluding hydrogens is 214 g/mol. The predicted octanol–water partition coefficient (Wildman–Crippen LogP) is 3.93. The number of rotatable bonds is 4. The molecule has 0 spiro atoms. The first kappa shape index (κ1) is 14.4. The first-order valence-corrected chi connectivity index (χ1v) is 8.09. The van der Waals surface area contributed by atoms with Gasteiger partial charge >= 0.3 is 0 Å². The van der Waals surface area contributed by atoms with Gasteiger partial charge in [-0.1, -0.05) is 33.6 Å². The average molecular weight is 243 g/mol. The summed E-state index contributed by atoms with van der Waals surface area (Å²) in [4.78, 5) is 0. The summed E-state index contributed by atoms with van der Waals surface area (Å²) in [5.74, 6) is 2.08. The minimum atomic E-state index is 0.456. The van der Waals surface area contributed by atoms with Crippen LogP contribution in [0.25, 0.3) is 0 Å². The van der Waals surface area contributed by atoms with Crippen molar-refractivity contribution in [1.29, 1.82) is 0 Å². The average Bonchev–Trinajstić information content (AvgIpc) is 2.17. The fourth-order valence-electron chi connectivity index (χ4n) is 3.03. The van der Waals surface area contributed by atoms with Gasteiger partial charge in [0.1, 0.15) is 0 Å². The lowest BCUT2D eigenvalue weighted by Crippen LogP contribution is -2.48. The van der Waals surface area contributed by atoms with Gasteiger partial charge in [0.05, 0.1) is 0 Å². The maximum Gasteiger partial charge on any atom is 0.0132 e. The van der Waals surface area contributed by atoms with Crippen LogP contribution in [0.4, 0.5) is 0 Å². The molecule has 1 N–H and O–H groups in total. The number of thioether (sulfide) groups is 1. The quantitative estimate of drug-likeness (QED) is 0.803. The highest BCUT2D eigenvalue weighted by Gasteiger charge is 2.34. The van der Waals surface area contributed by atoms with Crippen LogP contribution in [-0.2, 0) is 0 Å². The van der Waals surface area contributed by atoms with Crippen LogP contribution in [0.5, 0.6) is 0 Å². The Hall–Kier alpha value is 0.310. The van der Waals surface area contributed by atoms with Crippen molar-refractivity contribution in [3.63, 3.8) is 0 Å². The summed E-state index contributed by atoms with van der Waals surface area (Å²) >= 11 is 1.94. The minimum Gasteiger partial charge on any atom is -0.310 e. The van der Waals surface area contributed by atoms with Gasteiger partial charge in [-0.2, -0.15) is 11.8 Å². The fraction of sp³-hybridized carbons (Fsp3) is 1.00. The van der Waals surface area contributed by atoms with Crippen LogP contribution in [0.3, 0.4) is 0 Å². The van der Waals surface area contributed by atoms with E-state index in [-0.39, 0.29) is 0 Å². The molecule has 1 rings (SSSR count). The Morgan fingerprint density at radius 2 is 1.88 bits per heavy atom. The minimum absolute atomic E-state index is 0.456. The van der Waals surface area contributed by atoms with E-state index in [1.165, 1.54) is 31.4 Å². The molecule has 0 heterocycles. The van der Waals surface area contributed by atoms with E-state index in [9.17, 15) is 0 Å². The Morgan fingerprint density at radius 3 is 2.44 bits per heavy atom. The SMILES string of the molecule is CSCC(C)NC1CCCCC1C(C)(C)C. The summed E-state index contributed by atoms with van der Waals surface area (Å²) in [6, 6.07) is 1.40. The van der Waals surface area contributed by atoms with Gasteiger partial charge < -0.3 is 5.32 Å². The molecule has 2 heteroatoms. The Kier molecular flexibility index (Phi) is 5.66. The van der Waals surface area contributed by atoms with Crippen LogP contribution in [0, 0.1) is 11.3 Å². The molecule has 0 aliphatic heterocycles. The largest absolute Gasteiger partial charge is 0.310 e. The Labute approximate surface area is 106 Å². The lowest BCUT2D eigenvalue weighted by Gasteiger charge is -2.42. The summed E-state index contributed by atoms with van der Waals surface area (Å²) in [6.45, 7) is 9.52. The lowest BCUT2D eigenvalue weighted by molar-refractivity contribution is 0.126. The van der Waals surface area contributed by atoms with Gasteiger partial charge in [0.15, 0.2) is 0 Å². The third-order valence-electron chi connectivity index (χ3n) is 3.79. The second-order valence-electron chi connectivity index (χ2n) is 6.39. The van der Waals surface area contributed by atoms with Crippen molar-refractivity contribution < 1.29 is 0 Å². The number of hydrogen-bond donors (Lipinski definition) is 1. The molecule has 3 unspecified atom stereocenters. The second-order valence-corrected chi connectivity index (χ2v) is 7.30. The molecule has 1 aliphatic rings. The first-order valence-electron chi connectivity index (χ1n) is 6.70. The van der Waals surface area contributed by atoms with E-state index in [1.807, 2.05) is 11.8 Å². The van der Waals surface area contributed by atoms with Crippen molar-refractivity contribution in [3.05, 3.63) is 0 Å². The molecule has 0 saturated heterocycles. The molecule has 0 aromatic heterocycles. The van der Waals surface area contributed by atoms with Crippen LogP contribution in [0.1, 0.15) is 53.4 Å². The van der Waals surface area contributed by atoms with Crippen molar-refractivity contribution >= 4 is 11.8 Å². The van der Waals surface area contributed by atoms with E-state index < -0.39 is 0 Å². The summed E-state index contributed by atoms with van der Waals surface area (Å²) in [7, 11) is 0. The molecule has 0 bridgehead atoms. The molecule has 3 atom stereocenters. The molecule has 16 heavy (non-hydrogen) atoms. The fourth-order valence-corrected chi connectivity index (χ4v) is 3.63. The standard InChI is InChI=1S/C14H29NS/c1-11(10-16-5)15-13-9-7-6-8-12(13)14(2,3)4/h11-13,15H,6-10H2,1-5H3. The highest BCUT2D eigenvalue weighted by Crippen LogP contribution is 2.38. The molecule has 0 aromatic rings. The van der Waals surface area contributed by atoms with Gasteiger partial charge in [0.25, 0.3) is 0 Å². The maximum atomic E-state index is 3.86. The summed E-state index contributed by atoms with van der Waals surface area (Å²) in [6.07, 6.45) is 7.82. The summed E-state index contributed by atoms with van der Waals surface area (Å²) in [5.41, 5.74) is 0.456. The summed E-state index contributed by atoms with van der Waals surface area (Å²) < 4.78 is 0. The highest BCUT2D eigenvalue weighted by atomic mass is 32.2.